The van der Waals surface area contributed by atoms with Gasteiger partial charge in [0.1, 0.15) is 0 Å². The number of carboxylic acids is 1. The summed E-state index contributed by atoms with van der Waals surface area (Å²) >= 11 is 3.24. The number of anilines is 1. The van der Waals surface area contributed by atoms with Gasteiger partial charge in [-0.05, 0) is 53.4 Å². The van der Waals surface area contributed by atoms with Gasteiger partial charge in [-0.1, -0.05) is 0 Å². The highest BCUT2D eigenvalue weighted by Crippen LogP contribution is 2.23. The maximum absolute atomic E-state index is 11.8. The van der Waals surface area contributed by atoms with Crippen LogP contribution in [0.5, 0.6) is 0 Å². The Morgan fingerprint density at radius 2 is 2.19 bits per heavy atom. The maximum atomic E-state index is 11.8. The van der Waals surface area contributed by atoms with Gasteiger partial charge in [0.2, 0.25) is 0 Å². The number of carboxylic acid groups (broad SMARTS) is 1. The second kappa shape index (κ2) is 7.42. The minimum atomic E-state index is -1.01. The minimum absolute atomic E-state index is 0.0716. The van der Waals surface area contributed by atoms with Gasteiger partial charge >= 0.3 is 12.0 Å². The van der Waals surface area contributed by atoms with Crippen LogP contribution in [-0.2, 0) is 4.74 Å². The summed E-state index contributed by atoms with van der Waals surface area (Å²) in [7, 11) is 0. The van der Waals surface area contributed by atoms with Crippen molar-refractivity contribution >= 4 is 33.6 Å². The molecule has 0 aromatic heterocycles. The molecule has 1 unspecified atom stereocenters. The van der Waals surface area contributed by atoms with Gasteiger partial charge in [0, 0.05) is 17.6 Å². The number of ether oxygens (including phenoxy) is 1. The Morgan fingerprint density at radius 1 is 1.38 bits per heavy atom. The predicted molar refractivity (Wildman–Crippen MR) is 81.7 cm³/mol. The van der Waals surface area contributed by atoms with E-state index in [1.54, 1.807) is 6.07 Å². The highest BCUT2D eigenvalue weighted by Gasteiger charge is 2.15. The van der Waals surface area contributed by atoms with Crippen molar-refractivity contribution in [2.24, 2.45) is 0 Å². The molecule has 1 aliphatic rings. The van der Waals surface area contributed by atoms with Crippen LogP contribution >= 0.6 is 15.9 Å². The highest BCUT2D eigenvalue weighted by atomic mass is 79.9. The smallest absolute Gasteiger partial charge is 0.335 e. The predicted octanol–water partition coefficient (Wildman–Crippen LogP) is 2.84. The lowest BCUT2D eigenvalue weighted by atomic mass is 10.1. The number of aromatic carboxylic acids is 1. The Morgan fingerprint density at radius 3 is 2.81 bits per heavy atom. The zero-order chi connectivity index (χ0) is 15.2. The SMILES string of the molecule is O=C(NCC1CCCCO1)Nc1ccc(C(=O)O)cc1Br. The van der Waals surface area contributed by atoms with E-state index >= 15 is 0 Å². The first-order valence-corrected chi connectivity index (χ1v) is 7.55. The fourth-order valence-electron chi connectivity index (χ4n) is 2.09. The summed E-state index contributed by atoms with van der Waals surface area (Å²) < 4.78 is 6.05. The van der Waals surface area contributed by atoms with Crippen LogP contribution in [0.15, 0.2) is 22.7 Å². The van der Waals surface area contributed by atoms with E-state index in [4.69, 9.17) is 9.84 Å². The van der Waals surface area contributed by atoms with Crippen molar-refractivity contribution in [2.75, 3.05) is 18.5 Å². The molecule has 3 N–H and O–H groups in total. The van der Waals surface area contributed by atoms with Crippen LogP contribution in [0.1, 0.15) is 29.6 Å². The largest absolute Gasteiger partial charge is 0.478 e. The fourth-order valence-corrected chi connectivity index (χ4v) is 2.57. The van der Waals surface area contributed by atoms with E-state index in [0.717, 1.165) is 25.9 Å². The number of hydrogen-bond acceptors (Lipinski definition) is 3. The van der Waals surface area contributed by atoms with Crippen LogP contribution in [0.25, 0.3) is 0 Å². The molecule has 1 aliphatic heterocycles. The number of rotatable bonds is 4. The third-order valence-electron chi connectivity index (χ3n) is 3.23. The Labute approximate surface area is 131 Å². The fraction of sp³-hybridized carbons (Fsp3) is 0.429. The van der Waals surface area contributed by atoms with Crippen LogP contribution in [0, 0.1) is 0 Å². The zero-order valence-electron chi connectivity index (χ0n) is 11.4. The number of carbonyl (C=O) groups excluding carboxylic acids is 1. The summed E-state index contributed by atoms with van der Waals surface area (Å²) in [6.07, 6.45) is 3.22. The normalized spacial score (nSPS) is 18.0. The number of amides is 2. The number of nitrogens with one attached hydrogen (secondary N) is 2. The number of hydrogen-bond donors (Lipinski definition) is 3. The first-order chi connectivity index (χ1) is 10.1. The summed E-state index contributed by atoms with van der Waals surface area (Å²) in [5.41, 5.74) is 0.672. The van der Waals surface area contributed by atoms with E-state index < -0.39 is 5.97 Å². The van der Waals surface area contributed by atoms with Crippen molar-refractivity contribution in [2.45, 2.75) is 25.4 Å². The lowest BCUT2D eigenvalue weighted by molar-refractivity contribution is 0.0187. The Balaban J connectivity index is 1.85. The van der Waals surface area contributed by atoms with Crippen LogP contribution in [0.4, 0.5) is 10.5 Å². The lowest BCUT2D eigenvalue weighted by Gasteiger charge is -2.22. The molecule has 114 valence electrons. The molecule has 0 spiro atoms. The number of urea groups is 1. The summed E-state index contributed by atoms with van der Waals surface area (Å²) in [5.74, 6) is -1.01. The van der Waals surface area contributed by atoms with Crippen LogP contribution in [0.3, 0.4) is 0 Å². The van der Waals surface area contributed by atoms with Gasteiger partial charge in [0.25, 0.3) is 0 Å². The molecule has 1 fully saturated rings. The first-order valence-electron chi connectivity index (χ1n) is 6.75. The van der Waals surface area contributed by atoms with Crippen molar-refractivity contribution < 1.29 is 19.4 Å². The Kier molecular flexibility index (Phi) is 5.58. The molecule has 1 aromatic carbocycles. The molecule has 0 saturated carbocycles. The molecule has 0 radical (unpaired) electrons. The van der Waals surface area contributed by atoms with Crippen LogP contribution < -0.4 is 10.6 Å². The molecule has 1 atom stereocenters. The summed E-state index contributed by atoms with van der Waals surface area (Å²) in [5, 5.41) is 14.3. The molecule has 1 saturated heterocycles. The quantitative estimate of drug-likeness (QED) is 0.773. The Hall–Kier alpha value is -1.60. The van der Waals surface area contributed by atoms with E-state index in [1.165, 1.54) is 12.1 Å². The van der Waals surface area contributed by atoms with Gasteiger partial charge in [0.05, 0.1) is 17.4 Å². The molecule has 1 aromatic rings. The van der Waals surface area contributed by atoms with Crippen LogP contribution in [-0.4, -0.2) is 36.4 Å². The molecule has 21 heavy (non-hydrogen) atoms. The monoisotopic (exact) mass is 356 g/mol. The van der Waals surface area contributed by atoms with Crippen molar-refractivity contribution in [1.29, 1.82) is 0 Å². The van der Waals surface area contributed by atoms with E-state index in [0.29, 0.717) is 16.7 Å². The van der Waals surface area contributed by atoms with Gasteiger partial charge in [-0.3, -0.25) is 0 Å². The van der Waals surface area contributed by atoms with E-state index in [9.17, 15) is 9.59 Å². The molecular formula is C14H17BrN2O4. The molecule has 2 amide bonds. The van der Waals surface area contributed by atoms with Gasteiger partial charge in [0.15, 0.2) is 0 Å². The third-order valence-corrected chi connectivity index (χ3v) is 3.88. The van der Waals surface area contributed by atoms with Gasteiger partial charge < -0.3 is 20.5 Å². The highest BCUT2D eigenvalue weighted by molar-refractivity contribution is 9.10. The molecule has 6 nitrogen and oxygen atoms in total. The summed E-state index contributed by atoms with van der Waals surface area (Å²) in [6, 6.07) is 4.09. The van der Waals surface area contributed by atoms with Crippen molar-refractivity contribution in [3.63, 3.8) is 0 Å². The third kappa shape index (κ3) is 4.71. The summed E-state index contributed by atoms with van der Waals surface area (Å²) in [4.78, 5) is 22.6. The average Bonchev–Trinajstić information content (AvgIpc) is 2.48. The van der Waals surface area contributed by atoms with Crippen molar-refractivity contribution in [1.82, 2.24) is 5.32 Å². The lowest BCUT2D eigenvalue weighted by Crippen LogP contribution is -2.37. The van der Waals surface area contributed by atoms with Gasteiger partial charge in [-0.25, -0.2) is 9.59 Å². The number of halogens is 1. The summed E-state index contributed by atoms with van der Waals surface area (Å²) in [6.45, 7) is 1.22. The van der Waals surface area contributed by atoms with E-state index in [1.807, 2.05) is 0 Å². The molecule has 7 heteroatoms. The minimum Gasteiger partial charge on any atom is -0.478 e. The van der Waals surface area contributed by atoms with E-state index in [2.05, 4.69) is 26.6 Å². The van der Waals surface area contributed by atoms with E-state index in [-0.39, 0.29) is 17.7 Å². The molecule has 2 rings (SSSR count). The van der Waals surface area contributed by atoms with Gasteiger partial charge in [-0.15, -0.1) is 0 Å². The average molecular weight is 357 g/mol. The zero-order valence-corrected chi connectivity index (χ0v) is 13.0. The molecular weight excluding hydrogens is 340 g/mol. The van der Waals surface area contributed by atoms with Crippen molar-refractivity contribution in [3.8, 4) is 0 Å². The Bertz CT molecular complexity index is 530. The number of carbonyl (C=O) groups is 2. The number of benzene rings is 1. The molecule has 1 heterocycles. The first kappa shape index (κ1) is 15.8. The second-order valence-corrected chi connectivity index (χ2v) is 5.68. The molecule has 0 aliphatic carbocycles. The maximum Gasteiger partial charge on any atom is 0.335 e. The van der Waals surface area contributed by atoms with Crippen molar-refractivity contribution in [3.05, 3.63) is 28.2 Å². The van der Waals surface area contributed by atoms with Crippen LogP contribution in [0.2, 0.25) is 0 Å². The van der Waals surface area contributed by atoms with Gasteiger partial charge in [-0.2, -0.15) is 0 Å². The topological polar surface area (TPSA) is 87.7 Å². The second-order valence-electron chi connectivity index (χ2n) is 4.82. The standard InChI is InChI=1S/C14H17BrN2O4/c15-11-7-9(13(18)19)4-5-12(11)17-14(20)16-8-10-3-1-2-6-21-10/h4-5,7,10H,1-3,6,8H2,(H,18,19)(H2,16,17,20). The molecule has 0 bridgehead atoms.